The van der Waals surface area contributed by atoms with Crippen molar-refractivity contribution >= 4 is 11.7 Å². The van der Waals surface area contributed by atoms with Crippen LogP contribution in [0.25, 0.3) is 0 Å². The van der Waals surface area contributed by atoms with E-state index in [4.69, 9.17) is 4.74 Å². The zero-order chi connectivity index (χ0) is 12.4. The molecule has 2 rings (SSSR count). The van der Waals surface area contributed by atoms with E-state index in [1.165, 1.54) is 12.7 Å². The monoisotopic (exact) mass is 231 g/mol. The fraction of sp³-hybridized carbons (Fsp3) is 0.357. The lowest BCUT2D eigenvalue weighted by Gasteiger charge is -2.25. The molecule has 0 aromatic heterocycles. The molecule has 1 aliphatic rings. The minimum absolute atomic E-state index is 0.281. The van der Waals surface area contributed by atoms with E-state index in [9.17, 15) is 4.79 Å². The summed E-state index contributed by atoms with van der Waals surface area (Å²) in [6, 6.07) is 8.47. The molecular weight excluding hydrogens is 214 g/mol. The fourth-order valence-corrected chi connectivity index (χ4v) is 2.39. The first kappa shape index (κ1) is 11.7. The number of esters is 1. The lowest BCUT2D eigenvalue weighted by atomic mass is 10.1. The van der Waals surface area contributed by atoms with Crippen LogP contribution in [0, 0.1) is 0 Å². The van der Waals surface area contributed by atoms with Crippen LogP contribution in [0.2, 0.25) is 0 Å². The summed E-state index contributed by atoms with van der Waals surface area (Å²) in [6.45, 7) is 3.98. The van der Waals surface area contributed by atoms with Gasteiger partial charge in [0.25, 0.3) is 0 Å². The molecule has 1 atom stereocenters. The molecule has 0 aliphatic carbocycles. The summed E-state index contributed by atoms with van der Waals surface area (Å²) in [7, 11) is 1.42. The van der Waals surface area contributed by atoms with Crippen LogP contribution in [0.4, 0.5) is 5.69 Å². The van der Waals surface area contributed by atoms with Crippen LogP contribution in [0.15, 0.2) is 36.0 Å². The number of hydrogen-bond donors (Lipinski definition) is 0. The van der Waals surface area contributed by atoms with Crippen LogP contribution in [-0.4, -0.2) is 19.1 Å². The predicted molar refractivity (Wildman–Crippen MR) is 67.9 cm³/mol. The average molecular weight is 231 g/mol. The van der Waals surface area contributed by atoms with Crippen LogP contribution >= 0.6 is 0 Å². The molecule has 3 nitrogen and oxygen atoms in total. The predicted octanol–water partition coefficient (Wildman–Crippen LogP) is 2.51. The van der Waals surface area contributed by atoms with Crippen molar-refractivity contribution in [3.8, 4) is 0 Å². The number of carbonyl (C=O) groups excluding carboxylic acids is 1. The van der Waals surface area contributed by atoms with Gasteiger partial charge in [0.05, 0.1) is 7.11 Å². The van der Waals surface area contributed by atoms with Crippen molar-refractivity contribution in [1.29, 1.82) is 0 Å². The van der Waals surface area contributed by atoms with Gasteiger partial charge in [0, 0.05) is 11.7 Å². The largest absolute Gasteiger partial charge is 0.464 e. The topological polar surface area (TPSA) is 29.5 Å². The molecule has 1 aliphatic heterocycles. The van der Waals surface area contributed by atoms with Crippen molar-refractivity contribution in [2.24, 2.45) is 0 Å². The number of anilines is 1. The highest BCUT2D eigenvalue weighted by Crippen LogP contribution is 2.34. The maximum Gasteiger partial charge on any atom is 0.354 e. The molecule has 0 amide bonds. The normalized spacial score (nSPS) is 19.1. The molecule has 1 heterocycles. The number of carbonyl (C=O) groups is 1. The molecule has 3 heteroatoms. The van der Waals surface area contributed by atoms with E-state index in [1.807, 2.05) is 31.2 Å². The van der Waals surface area contributed by atoms with Crippen LogP contribution in [0.5, 0.6) is 0 Å². The van der Waals surface area contributed by atoms with Gasteiger partial charge in [0.15, 0.2) is 0 Å². The second-order valence-corrected chi connectivity index (χ2v) is 4.22. The molecule has 0 bridgehead atoms. The van der Waals surface area contributed by atoms with Gasteiger partial charge in [-0.25, -0.2) is 4.79 Å². The highest BCUT2D eigenvalue weighted by atomic mass is 16.5. The zero-order valence-electron chi connectivity index (χ0n) is 10.4. The Morgan fingerprint density at radius 2 is 2.18 bits per heavy atom. The number of hydrogen-bond acceptors (Lipinski definition) is 3. The second-order valence-electron chi connectivity index (χ2n) is 4.22. The molecule has 0 fully saturated rings. The summed E-state index contributed by atoms with van der Waals surface area (Å²) < 4.78 is 4.83. The Morgan fingerprint density at radius 3 is 2.82 bits per heavy atom. The highest BCUT2D eigenvalue weighted by Gasteiger charge is 2.31. The lowest BCUT2D eigenvalue weighted by molar-refractivity contribution is -0.136. The summed E-state index contributed by atoms with van der Waals surface area (Å²) in [5.74, 6) is -0.281. The molecule has 0 saturated carbocycles. The molecule has 0 spiro atoms. The van der Waals surface area contributed by atoms with Crippen LogP contribution in [0.1, 0.15) is 19.4 Å². The van der Waals surface area contributed by atoms with E-state index in [2.05, 4.69) is 17.9 Å². The molecular formula is C14H17NO2. The third kappa shape index (κ3) is 1.93. The summed E-state index contributed by atoms with van der Waals surface area (Å²) in [5, 5.41) is 0. The first-order chi connectivity index (χ1) is 8.19. The van der Waals surface area contributed by atoms with Crippen molar-refractivity contribution in [3.63, 3.8) is 0 Å². The number of benzene rings is 1. The smallest absolute Gasteiger partial charge is 0.354 e. The van der Waals surface area contributed by atoms with E-state index in [1.54, 1.807) is 0 Å². The second kappa shape index (κ2) is 4.62. The van der Waals surface area contributed by atoms with Crippen LogP contribution < -0.4 is 4.90 Å². The number of fused-ring (bicyclic) bond motifs is 1. The quantitative estimate of drug-likeness (QED) is 0.578. The summed E-state index contributed by atoms with van der Waals surface area (Å²) in [6.07, 6.45) is 2.77. The molecule has 0 radical (unpaired) electrons. The SMILES string of the molecule is C/C=C(/C(=O)OC)N1c2ccccc2CC1C. The minimum Gasteiger partial charge on any atom is -0.464 e. The van der Waals surface area contributed by atoms with Crippen molar-refractivity contribution in [3.05, 3.63) is 41.6 Å². The Morgan fingerprint density at radius 1 is 1.47 bits per heavy atom. The van der Waals surface area contributed by atoms with Crippen molar-refractivity contribution in [2.75, 3.05) is 12.0 Å². The average Bonchev–Trinajstić information content (AvgIpc) is 2.67. The number of ether oxygens (including phenoxy) is 1. The van der Waals surface area contributed by atoms with E-state index in [0.717, 1.165) is 12.1 Å². The van der Waals surface area contributed by atoms with Gasteiger partial charge < -0.3 is 9.64 Å². The van der Waals surface area contributed by atoms with Crippen molar-refractivity contribution in [1.82, 2.24) is 0 Å². The van der Waals surface area contributed by atoms with Crippen molar-refractivity contribution in [2.45, 2.75) is 26.3 Å². The summed E-state index contributed by atoms with van der Waals surface area (Å²) in [5.41, 5.74) is 3.01. The molecule has 1 unspecified atom stereocenters. The first-order valence-electron chi connectivity index (χ1n) is 5.80. The molecule has 17 heavy (non-hydrogen) atoms. The Labute approximate surface area is 102 Å². The maximum atomic E-state index is 11.8. The van der Waals surface area contributed by atoms with Gasteiger partial charge in [-0.3, -0.25) is 0 Å². The number of allylic oxidation sites excluding steroid dienone is 1. The van der Waals surface area contributed by atoms with Gasteiger partial charge in [0.1, 0.15) is 5.70 Å². The number of nitrogens with zero attached hydrogens (tertiary/aromatic N) is 1. The van der Waals surface area contributed by atoms with E-state index >= 15 is 0 Å². The Balaban J connectivity index is 2.42. The zero-order valence-corrected chi connectivity index (χ0v) is 10.4. The molecule has 90 valence electrons. The minimum atomic E-state index is -0.281. The third-order valence-electron chi connectivity index (χ3n) is 3.13. The van der Waals surface area contributed by atoms with Gasteiger partial charge in [-0.2, -0.15) is 0 Å². The molecule has 1 aromatic carbocycles. The number of rotatable bonds is 2. The van der Waals surface area contributed by atoms with Gasteiger partial charge >= 0.3 is 5.97 Å². The van der Waals surface area contributed by atoms with E-state index in [0.29, 0.717) is 5.70 Å². The lowest BCUT2D eigenvalue weighted by Crippen LogP contribution is -2.32. The fourth-order valence-electron chi connectivity index (χ4n) is 2.39. The number of methoxy groups -OCH3 is 1. The number of para-hydroxylation sites is 1. The van der Waals surface area contributed by atoms with E-state index in [-0.39, 0.29) is 12.0 Å². The van der Waals surface area contributed by atoms with Crippen LogP contribution in [-0.2, 0) is 16.0 Å². The highest BCUT2D eigenvalue weighted by molar-refractivity contribution is 5.93. The maximum absolute atomic E-state index is 11.8. The summed E-state index contributed by atoms with van der Waals surface area (Å²) >= 11 is 0. The van der Waals surface area contributed by atoms with Crippen LogP contribution in [0.3, 0.4) is 0 Å². The van der Waals surface area contributed by atoms with Gasteiger partial charge in [-0.1, -0.05) is 24.3 Å². The Hall–Kier alpha value is -1.77. The first-order valence-corrected chi connectivity index (χ1v) is 5.80. The Bertz CT molecular complexity index is 465. The Kier molecular flexibility index (Phi) is 3.18. The molecule has 0 saturated heterocycles. The standard InChI is InChI=1S/C14H17NO2/c1-4-12(14(16)17-3)15-10(2)9-11-7-5-6-8-13(11)15/h4-8,10H,9H2,1-3H3/b12-4-. The van der Waals surface area contributed by atoms with E-state index < -0.39 is 0 Å². The van der Waals surface area contributed by atoms with Crippen molar-refractivity contribution < 1.29 is 9.53 Å². The van der Waals surface area contributed by atoms with Gasteiger partial charge in [0.2, 0.25) is 0 Å². The van der Waals surface area contributed by atoms with Gasteiger partial charge in [-0.05, 0) is 31.9 Å². The molecule has 0 N–H and O–H groups in total. The third-order valence-corrected chi connectivity index (χ3v) is 3.13. The van der Waals surface area contributed by atoms with Gasteiger partial charge in [-0.15, -0.1) is 0 Å². The molecule has 1 aromatic rings. The summed E-state index contributed by atoms with van der Waals surface area (Å²) in [4.78, 5) is 13.8.